The van der Waals surface area contributed by atoms with E-state index in [2.05, 4.69) is 49.4 Å². The van der Waals surface area contributed by atoms with Crippen molar-refractivity contribution in [1.29, 1.82) is 0 Å². The van der Waals surface area contributed by atoms with Crippen molar-refractivity contribution in [2.75, 3.05) is 0 Å². The van der Waals surface area contributed by atoms with E-state index in [-0.39, 0.29) is 6.04 Å². The van der Waals surface area contributed by atoms with Crippen molar-refractivity contribution in [2.24, 2.45) is 5.73 Å². The van der Waals surface area contributed by atoms with Gasteiger partial charge in [-0.2, -0.15) is 0 Å². The first-order valence-electron chi connectivity index (χ1n) is 8.45. The molecule has 0 saturated carbocycles. The molecular weight excluding hydrogens is 294 g/mol. The second-order valence-corrected chi connectivity index (χ2v) is 6.28. The highest BCUT2D eigenvalue weighted by Gasteiger charge is 2.26. The number of rotatable bonds is 4. The highest BCUT2D eigenvalue weighted by Crippen LogP contribution is 2.43. The van der Waals surface area contributed by atoms with Gasteiger partial charge in [-0.05, 0) is 51.9 Å². The first kappa shape index (κ1) is 15.0. The molecule has 1 aliphatic carbocycles. The van der Waals surface area contributed by atoms with Gasteiger partial charge in [0.1, 0.15) is 12.4 Å². The molecule has 0 radical (unpaired) electrons. The Morgan fingerprint density at radius 1 is 0.833 bits per heavy atom. The summed E-state index contributed by atoms with van der Waals surface area (Å²) in [4.78, 5) is 0. The highest BCUT2D eigenvalue weighted by molar-refractivity contribution is 5.79. The molecule has 0 bridgehead atoms. The first-order valence-corrected chi connectivity index (χ1v) is 8.45. The van der Waals surface area contributed by atoms with E-state index in [4.69, 9.17) is 10.5 Å². The van der Waals surface area contributed by atoms with Gasteiger partial charge in [-0.25, -0.2) is 0 Å². The summed E-state index contributed by atoms with van der Waals surface area (Å²) in [6.07, 6.45) is 1.03. The number of hydrogen-bond donors (Lipinski definition) is 1. The molecule has 120 valence electrons. The lowest BCUT2D eigenvalue weighted by Gasteiger charge is -2.10. The summed E-state index contributed by atoms with van der Waals surface area (Å²) in [6, 6.07) is 23.0. The molecule has 2 N–H and O–H groups in total. The Morgan fingerprint density at radius 2 is 1.54 bits per heavy atom. The van der Waals surface area contributed by atoms with E-state index >= 15 is 0 Å². The Kier molecular flexibility index (Phi) is 3.83. The second-order valence-electron chi connectivity index (χ2n) is 6.28. The van der Waals surface area contributed by atoms with Crippen LogP contribution < -0.4 is 10.5 Å². The maximum absolute atomic E-state index is 6.50. The number of aryl methyl sites for hydroxylation is 1. The van der Waals surface area contributed by atoms with Crippen molar-refractivity contribution in [3.63, 3.8) is 0 Å². The van der Waals surface area contributed by atoms with Gasteiger partial charge in [-0.1, -0.05) is 61.5 Å². The molecule has 0 amide bonds. The molecule has 2 heteroatoms. The number of hydrogen-bond acceptors (Lipinski definition) is 2. The lowest BCUT2D eigenvalue weighted by atomic mass is 10.0. The number of fused-ring (bicyclic) bond motifs is 3. The van der Waals surface area contributed by atoms with Crippen molar-refractivity contribution in [1.82, 2.24) is 0 Å². The summed E-state index contributed by atoms with van der Waals surface area (Å²) in [6.45, 7) is 2.74. The highest BCUT2D eigenvalue weighted by atomic mass is 16.5. The Hall–Kier alpha value is -2.58. The fraction of sp³-hybridized carbons (Fsp3) is 0.182. The fourth-order valence-corrected chi connectivity index (χ4v) is 3.38. The Labute approximate surface area is 142 Å². The molecular formula is C22H21NO. The van der Waals surface area contributed by atoms with Crippen LogP contribution >= 0.6 is 0 Å². The first-order chi connectivity index (χ1) is 11.8. The maximum Gasteiger partial charge on any atom is 0.120 e. The van der Waals surface area contributed by atoms with E-state index in [9.17, 15) is 0 Å². The summed E-state index contributed by atoms with van der Waals surface area (Å²) < 4.78 is 5.95. The zero-order valence-corrected chi connectivity index (χ0v) is 13.8. The van der Waals surface area contributed by atoms with Crippen LogP contribution in [-0.4, -0.2) is 0 Å². The van der Waals surface area contributed by atoms with Crippen molar-refractivity contribution in [3.8, 4) is 16.9 Å². The molecule has 3 aromatic rings. The van der Waals surface area contributed by atoms with Gasteiger partial charge >= 0.3 is 0 Å². The third kappa shape index (κ3) is 2.59. The molecule has 0 aliphatic heterocycles. The molecule has 1 unspecified atom stereocenters. The van der Waals surface area contributed by atoms with E-state index < -0.39 is 0 Å². The molecule has 0 aromatic heterocycles. The third-order valence-electron chi connectivity index (χ3n) is 4.76. The summed E-state index contributed by atoms with van der Waals surface area (Å²) in [5.41, 5.74) is 13.9. The zero-order valence-electron chi connectivity index (χ0n) is 13.8. The van der Waals surface area contributed by atoms with Crippen LogP contribution in [-0.2, 0) is 13.0 Å². The molecule has 3 aromatic carbocycles. The fourth-order valence-electron chi connectivity index (χ4n) is 3.38. The van der Waals surface area contributed by atoms with Crippen LogP contribution in [0.2, 0.25) is 0 Å². The molecule has 0 heterocycles. The van der Waals surface area contributed by atoms with Crippen LogP contribution in [0.1, 0.15) is 35.2 Å². The minimum atomic E-state index is -0.0678. The SMILES string of the molecule is CCc1ccc2c(c1)C(N)c1cc(OCc3ccccc3)ccc1-2. The lowest BCUT2D eigenvalue weighted by Crippen LogP contribution is -2.08. The predicted molar refractivity (Wildman–Crippen MR) is 98.1 cm³/mol. The molecule has 2 nitrogen and oxygen atoms in total. The predicted octanol–water partition coefficient (Wildman–Crippen LogP) is 4.86. The Morgan fingerprint density at radius 3 is 2.29 bits per heavy atom. The second kappa shape index (κ2) is 6.14. The van der Waals surface area contributed by atoms with Crippen LogP contribution in [0.25, 0.3) is 11.1 Å². The lowest BCUT2D eigenvalue weighted by molar-refractivity contribution is 0.306. The minimum Gasteiger partial charge on any atom is -0.489 e. The average molecular weight is 315 g/mol. The number of nitrogens with two attached hydrogens (primary N) is 1. The van der Waals surface area contributed by atoms with Gasteiger partial charge in [-0.15, -0.1) is 0 Å². The Bertz CT molecular complexity index is 870. The topological polar surface area (TPSA) is 35.2 Å². The summed E-state index contributed by atoms with van der Waals surface area (Å²) in [7, 11) is 0. The van der Waals surface area contributed by atoms with Gasteiger partial charge in [0.05, 0.1) is 6.04 Å². The van der Waals surface area contributed by atoms with E-state index in [1.807, 2.05) is 24.3 Å². The summed E-state index contributed by atoms with van der Waals surface area (Å²) in [5.74, 6) is 0.872. The minimum absolute atomic E-state index is 0.0678. The maximum atomic E-state index is 6.50. The smallest absolute Gasteiger partial charge is 0.120 e. The average Bonchev–Trinajstić information content (AvgIpc) is 2.92. The van der Waals surface area contributed by atoms with Crippen molar-refractivity contribution >= 4 is 0 Å². The van der Waals surface area contributed by atoms with E-state index in [0.29, 0.717) is 6.61 Å². The molecule has 1 aliphatic rings. The van der Waals surface area contributed by atoms with E-state index in [0.717, 1.165) is 23.3 Å². The number of benzene rings is 3. The van der Waals surface area contributed by atoms with Crippen molar-refractivity contribution in [2.45, 2.75) is 26.0 Å². The molecule has 24 heavy (non-hydrogen) atoms. The third-order valence-corrected chi connectivity index (χ3v) is 4.76. The van der Waals surface area contributed by atoms with Gasteiger partial charge in [0, 0.05) is 0 Å². The monoisotopic (exact) mass is 315 g/mol. The van der Waals surface area contributed by atoms with E-state index in [1.54, 1.807) is 0 Å². The van der Waals surface area contributed by atoms with Gasteiger partial charge in [0.2, 0.25) is 0 Å². The quantitative estimate of drug-likeness (QED) is 0.746. The zero-order chi connectivity index (χ0) is 16.5. The van der Waals surface area contributed by atoms with Crippen LogP contribution in [0.5, 0.6) is 5.75 Å². The molecule has 0 spiro atoms. The van der Waals surface area contributed by atoms with Crippen molar-refractivity contribution in [3.05, 3.63) is 89.0 Å². The standard InChI is InChI=1S/C22H21NO/c1-2-15-8-10-18-19-11-9-17(13-21(19)22(23)20(18)12-15)24-14-16-6-4-3-5-7-16/h3-13,22H,2,14,23H2,1H3. The van der Waals surface area contributed by atoms with Crippen LogP contribution in [0.3, 0.4) is 0 Å². The Balaban J connectivity index is 1.61. The largest absolute Gasteiger partial charge is 0.489 e. The van der Waals surface area contributed by atoms with Crippen LogP contribution in [0.15, 0.2) is 66.7 Å². The molecule has 4 rings (SSSR count). The van der Waals surface area contributed by atoms with Crippen molar-refractivity contribution < 1.29 is 4.74 Å². The van der Waals surface area contributed by atoms with Gasteiger partial charge < -0.3 is 10.5 Å². The molecule has 1 atom stereocenters. The van der Waals surface area contributed by atoms with Crippen LogP contribution in [0, 0.1) is 0 Å². The summed E-state index contributed by atoms with van der Waals surface area (Å²) >= 11 is 0. The number of ether oxygens (including phenoxy) is 1. The molecule has 0 fully saturated rings. The van der Waals surface area contributed by atoms with Gasteiger partial charge in [-0.3, -0.25) is 0 Å². The molecule has 0 saturated heterocycles. The van der Waals surface area contributed by atoms with Gasteiger partial charge in [0.25, 0.3) is 0 Å². The van der Waals surface area contributed by atoms with Gasteiger partial charge in [0.15, 0.2) is 0 Å². The van der Waals surface area contributed by atoms with Crippen LogP contribution in [0.4, 0.5) is 0 Å². The summed E-state index contributed by atoms with van der Waals surface area (Å²) in [5, 5.41) is 0. The normalized spacial score (nSPS) is 15.0. The van der Waals surface area contributed by atoms with E-state index in [1.165, 1.54) is 22.3 Å².